The molecule has 0 aliphatic carbocycles. The van der Waals surface area contributed by atoms with E-state index in [2.05, 4.69) is 0 Å². The third-order valence-electron chi connectivity index (χ3n) is 3.17. The second-order valence-electron chi connectivity index (χ2n) is 4.53. The molecule has 0 bridgehead atoms. The van der Waals surface area contributed by atoms with Crippen molar-refractivity contribution in [2.24, 2.45) is 0 Å². The first-order valence-corrected chi connectivity index (χ1v) is 7.74. The molecule has 1 aromatic heterocycles. The number of anilines is 1. The first kappa shape index (κ1) is 17.0. The maximum atomic E-state index is 11.9. The van der Waals surface area contributed by atoms with Crippen LogP contribution in [0.25, 0.3) is 10.4 Å². The third kappa shape index (κ3) is 3.34. The Kier molecular flexibility index (Phi) is 5.33. The minimum absolute atomic E-state index is 0.301. The zero-order chi connectivity index (χ0) is 17.0. The van der Waals surface area contributed by atoms with Crippen LogP contribution in [-0.2, 0) is 4.74 Å². The summed E-state index contributed by atoms with van der Waals surface area (Å²) < 4.78 is 21.0. The van der Waals surface area contributed by atoms with Gasteiger partial charge in [0.05, 0.1) is 33.6 Å². The van der Waals surface area contributed by atoms with Gasteiger partial charge in [0, 0.05) is 4.88 Å². The van der Waals surface area contributed by atoms with E-state index in [-0.39, 0.29) is 0 Å². The van der Waals surface area contributed by atoms with Crippen LogP contribution in [0.4, 0.5) is 5.69 Å². The van der Waals surface area contributed by atoms with E-state index in [0.717, 1.165) is 10.4 Å². The van der Waals surface area contributed by atoms with Crippen molar-refractivity contribution in [2.45, 2.75) is 6.92 Å². The number of benzene rings is 1. The number of hydrogen-bond acceptors (Lipinski definition) is 7. The summed E-state index contributed by atoms with van der Waals surface area (Å²) in [6.45, 7) is 2.05. The van der Waals surface area contributed by atoms with E-state index < -0.39 is 5.97 Å². The number of carbonyl (C=O) groups excluding carboxylic acids is 1. The van der Waals surface area contributed by atoms with Crippen molar-refractivity contribution in [2.75, 3.05) is 33.7 Å². The lowest BCUT2D eigenvalue weighted by molar-refractivity contribution is 0.0533. The van der Waals surface area contributed by atoms with Crippen LogP contribution in [0.2, 0.25) is 0 Å². The standard InChI is InChI=1S/C16H19NO5S/c1-5-22-16(18)15-10(17)8-13(23-15)9-6-11(19-2)14(21-4)12(7-9)20-3/h6-8H,5,17H2,1-4H3. The van der Waals surface area contributed by atoms with Gasteiger partial charge in [-0.05, 0) is 30.7 Å². The van der Waals surface area contributed by atoms with Crippen LogP contribution in [-0.4, -0.2) is 33.9 Å². The summed E-state index contributed by atoms with van der Waals surface area (Å²) in [4.78, 5) is 13.1. The number of ether oxygens (including phenoxy) is 4. The highest BCUT2D eigenvalue weighted by Crippen LogP contribution is 2.43. The zero-order valence-electron chi connectivity index (χ0n) is 13.5. The lowest BCUT2D eigenvalue weighted by Gasteiger charge is -2.13. The van der Waals surface area contributed by atoms with Gasteiger partial charge in [-0.2, -0.15) is 0 Å². The first-order chi connectivity index (χ1) is 11.0. The van der Waals surface area contributed by atoms with E-state index in [0.29, 0.717) is 34.4 Å². The van der Waals surface area contributed by atoms with Gasteiger partial charge in [-0.1, -0.05) is 0 Å². The van der Waals surface area contributed by atoms with Gasteiger partial charge in [0.2, 0.25) is 5.75 Å². The van der Waals surface area contributed by atoms with E-state index in [9.17, 15) is 4.79 Å². The molecule has 23 heavy (non-hydrogen) atoms. The van der Waals surface area contributed by atoms with E-state index >= 15 is 0 Å². The summed E-state index contributed by atoms with van der Waals surface area (Å²) in [7, 11) is 4.64. The van der Waals surface area contributed by atoms with Crippen LogP contribution in [0.3, 0.4) is 0 Å². The Bertz CT molecular complexity index is 685. The maximum absolute atomic E-state index is 11.9. The molecule has 7 heteroatoms. The summed E-state index contributed by atoms with van der Waals surface area (Å²) in [5.41, 5.74) is 7.13. The first-order valence-electron chi connectivity index (χ1n) is 6.92. The molecule has 0 aliphatic heterocycles. The van der Waals surface area contributed by atoms with Gasteiger partial charge >= 0.3 is 5.97 Å². The Labute approximate surface area is 138 Å². The van der Waals surface area contributed by atoms with Gasteiger partial charge < -0.3 is 24.7 Å². The number of methoxy groups -OCH3 is 3. The van der Waals surface area contributed by atoms with E-state index in [1.165, 1.54) is 11.3 Å². The van der Waals surface area contributed by atoms with Gasteiger partial charge in [-0.15, -0.1) is 11.3 Å². The number of esters is 1. The molecular weight excluding hydrogens is 318 g/mol. The topological polar surface area (TPSA) is 80.0 Å². The van der Waals surface area contributed by atoms with E-state index in [1.807, 2.05) is 12.1 Å². The molecule has 0 atom stereocenters. The molecule has 124 valence electrons. The molecule has 0 aliphatic rings. The van der Waals surface area contributed by atoms with Gasteiger partial charge in [0.25, 0.3) is 0 Å². The summed E-state index contributed by atoms with van der Waals surface area (Å²) in [5, 5.41) is 0. The highest BCUT2D eigenvalue weighted by molar-refractivity contribution is 7.18. The van der Waals surface area contributed by atoms with Crippen molar-refractivity contribution in [1.29, 1.82) is 0 Å². The number of rotatable bonds is 6. The third-order valence-corrected chi connectivity index (χ3v) is 4.35. The summed E-state index contributed by atoms with van der Waals surface area (Å²) >= 11 is 1.26. The predicted octanol–water partition coefficient (Wildman–Crippen LogP) is 3.20. The molecule has 0 unspecified atom stereocenters. The minimum Gasteiger partial charge on any atom is -0.493 e. The second-order valence-corrected chi connectivity index (χ2v) is 5.58. The lowest BCUT2D eigenvalue weighted by Crippen LogP contribution is -2.04. The van der Waals surface area contributed by atoms with Gasteiger partial charge in [-0.3, -0.25) is 0 Å². The van der Waals surface area contributed by atoms with Crippen molar-refractivity contribution in [3.8, 4) is 27.7 Å². The smallest absolute Gasteiger partial charge is 0.350 e. The van der Waals surface area contributed by atoms with Gasteiger partial charge in [0.1, 0.15) is 4.88 Å². The maximum Gasteiger partial charge on any atom is 0.350 e. The fraction of sp³-hybridized carbons (Fsp3) is 0.312. The number of thiophene rings is 1. The van der Waals surface area contributed by atoms with Crippen LogP contribution in [0.5, 0.6) is 17.2 Å². The largest absolute Gasteiger partial charge is 0.493 e. The number of carbonyl (C=O) groups is 1. The molecular formula is C16H19NO5S. The highest BCUT2D eigenvalue weighted by Gasteiger charge is 2.19. The molecule has 6 nitrogen and oxygen atoms in total. The molecule has 0 fully saturated rings. The molecule has 1 heterocycles. The molecule has 0 amide bonds. The summed E-state index contributed by atoms with van der Waals surface area (Å²) in [6.07, 6.45) is 0. The molecule has 0 saturated carbocycles. The van der Waals surface area contributed by atoms with Gasteiger partial charge in [-0.25, -0.2) is 4.79 Å². The molecule has 1 aromatic carbocycles. The Hall–Kier alpha value is -2.41. The molecule has 0 spiro atoms. The Balaban J connectivity index is 2.50. The molecule has 2 rings (SSSR count). The second kappa shape index (κ2) is 7.23. The molecule has 0 radical (unpaired) electrons. The highest BCUT2D eigenvalue weighted by atomic mass is 32.1. The number of nitrogens with two attached hydrogens (primary N) is 1. The van der Waals surface area contributed by atoms with Crippen molar-refractivity contribution in [1.82, 2.24) is 0 Å². The Morgan fingerprint density at radius 3 is 2.17 bits per heavy atom. The molecule has 2 aromatic rings. The normalized spacial score (nSPS) is 10.3. The number of hydrogen-bond donors (Lipinski definition) is 1. The average molecular weight is 337 g/mol. The monoisotopic (exact) mass is 337 g/mol. The van der Waals surface area contributed by atoms with Crippen molar-refractivity contribution in [3.05, 3.63) is 23.1 Å². The fourth-order valence-corrected chi connectivity index (χ4v) is 3.09. The van der Waals surface area contributed by atoms with Crippen LogP contribution in [0, 0.1) is 0 Å². The minimum atomic E-state index is -0.423. The van der Waals surface area contributed by atoms with Crippen molar-refractivity contribution in [3.63, 3.8) is 0 Å². The van der Waals surface area contributed by atoms with Crippen LogP contribution >= 0.6 is 11.3 Å². The summed E-state index contributed by atoms with van der Waals surface area (Å²) in [6, 6.07) is 5.35. The van der Waals surface area contributed by atoms with Crippen LogP contribution in [0.15, 0.2) is 18.2 Å². The molecule has 0 saturated heterocycles. The zero-order valence-corrected chi connectivity index (χ0v) is 14.3. The lowest BCUT2D eigenvalue weighted by atomic mass is 10.1. The molecule has 2 N–H and O–H groups in total. The van der Waals surface area contributed by atoms with Crippen molar-refractivity contribution >= 4 is 23.0 Å². The Morgan fingerprint density at radius 2 is 1.70 bits per heavy atom. The van der Waals surface area contributed by atoms with E-state index in [1.54, 1.807) is 34.3 Å². The fourth-order valence-electron chi connectivity index (χ4n) is 2.13. The van der Waals surface area contributed by atoms with Crippen LogP contribution < -0.4 is 19.9 Å². The Morgan fingerprint density at radius 1 is 1.09 bits per heavy atom. The predicted molar refractivity (Wildman–Crippen MR) is 89.8 cm³/mol. The van der Waals surface area contributed by atoms with E-state index in [4.69, 9.17) is 24.7 Å². The van der Waals surface area contributed by atoms with Crippen LogP contribution in [0.1, 0.15) is 16.6 Å². The number of nitrogen functional groups attached to an aromatic ring is 1. The van der Waals surface area contributed by atoms with Gasteiger partial charge in [0.15, 0.2) is 11.5 Å². The average Bonchev–Trinajstić information content (AvgIpc) is 2.95. The summed E-state index contributed by atoms with van der Waals surface area (Å²) in [5.74, 6) is 1.15. The SMILES string of the molecule is CCOC(=O)c1sc(-c2cc(OC)c(OC)c(OC)c2)cc1N. The quantitative estimate of drug-likeness (QED) is 0.815. The van der Waals surface area contributed by atoms with Crippen molar-refractivity contribution < 1.29 is 23.7 Å².